The maximum Gasteiger partial charge on any atom is 0.302 e. The molecule has 1 saturated heterocycles. The lowest BCUT2D eigenvalue weighted by Gasteiger charge is -2.40. The molecule has 4 nitrogen and oxygen atoms in total. The second kappa shape index (κ2) is 8.67. The zero-order valence-electron chi connectivity index (χ0n) is 14.7. The van der Waals surface area contributed by atoms with Crippen LogP contribution in [-0.2, 0) is 20.9 Å². The van der Waals surface area contributed by atoms with E-state index in [1.807, 2.05) is 35.3 Å². The van der Waals surface area contributed by atoms with Crippen molar-refractivity contribution in [1.29, 1.82) is 0 Å². The van der Waals surface area contributed by atoms with Crippen LogP contribution >= 0.6 is 0 Å². The average molecular weight is 329 g/mol. The number of nitrogens with zero attached hydrogens (tertiary/aromatic N) is 1. The summed E-state index contributed by atoms with van der Waals surface area (Å²) in [7, 11) is 0. The van der Waals surface area contributed by atoms with Crippen LogP contribution in [0.5, 0.6) is 0 Å². The van der Waals surface area contributed by atoms with Crippen LogP contribution < -0.4 is 0 Å². The number of esters is 1. The van der Waals surface area contributed by atoms with E-state index in [4.69, 9.17) is 4.74 Å². The summed E-state index contributed by atoms with van der Waals surface area (Å²) in [6, 6.07) is 10.1. The highest BCUT2D eigenvalue weighted by Gasteiger charge is 2.40. The van der Waals surface area contributed by atoms with Gasteiger partial charge in [-0.1, -0.05) is 55.8 Å². The molecule has 0 aliphatic carbocycles. The minimum absolute atomic E-state index is 0.193. The Morgan fingerprint density at radius 2 is 2.08 bits per heavy atom. The van der Waals surface area contributed by atoms with Gasteiger partial charge in [0.2, 0.25) is 5.91 Å². The minimum atomic E-state index is -0.456. The topological polar surface area (TPSA) is 46.6 Å². The van der Waals surface area contributed by atoms with Gasteiger partial charge in [-0.25, -0.2) is 0 Å². The number of likely N-dealkylation sites (tertiary alicyclic amines) is 1. The second-order valence-electron chi connectivity index (χ2n) is 6.43. The van der Waals surface area contributed by atoms with Gasteiger partial charge in [0.25, 0.3) is 0 Å². The van der Waals surface area contributed by atoms with Crippen molar-refractivity contribution >= 4 is 11.9 Å². The lowest BCUT2D eigenvalue weighted by molar-refractivity contribution is -0.144. The first kappa shape index (κ1) is 18.2. The molecule has 1 aliphatic rings. The van der Waals surface area contributed by atoms with Gasteiger partial charge < -0.3 is 9.64 Å². The standard InChI is InChI=1S/C20H27NO3/c1-3-11-20(13-8-15-24-17(2)22)12-7-14-21(19(20)23)16-18-9-5-4-6-10-18/h4-6,8-10,13H,3,7,11-12,14-16H2,1-2H3/b13-8+. The summed E-state index contributed by atoms with van der Waals surface area (Å²) >= 11 is 0. The van der Waals surface area contributed by atoms with Gasteiger partial charge in [0.15, 0.2) is 0 Å². The number of carbonyl (C=O) groups excluding carboxylic acids is 2. The van der Waals surface area contributed by atoms with E-state index < -0.39 is 5.41 Å². The Balaban J connectivity index is 2.11. The van der Waals surface area contributed by atoms with Crippen LogP contribution in [0.4, 0.5) is 0 Å². The normalized spacial score (nSPS) is 21.2. The molecule has 1 aromatic carbocycles. The first-order valence-electron chi connectivity index (χ1n) is 8.72. The molecule has 4 heteroatoms. The molecule has 1 unspecified atom stereocenters. The third kappa shape index (κ3) is 4.70. The van der Waals surface area contributed by atoms with Gasteiger partial charge in [-0.3, -0.25) is 9.59 Å². The molecule has 0 spiro atoms. The largest absolute Gasteiger partial charge is 0.462 e. The highest BCUT2D eigenvalue weighted by Crippen LogP contribution is 2.38. The van der Waals surface area contributed by atoms with Crippen LogP contribution in [0.25, 0.3) is 0 Å². The third-order valence-corrected chi connectivity index (χ3v) is 4.50. The molecule has 0 saturated carbocycles. The molecule has 1 aromatic rings. The van der Waals surface area contributed by atoms with Gasteiger partial charge in [0.05, 0.1) is 5.41 Å². The molecule has 1 fully saturated rings. The third-order valence-electron chi connectivity index (χ3n) is 4.50. The highest BCUT2D eigenvalue weighted by molar-refractivity contribution is 5.85. The van der Waals surface area contributed by atoms with Gasteiger partial charge in [-0.2, -0.15) is 0 Å². The Hall–Kier alpha value is -2.10. The SMILES string of the molecule is CCCC1(/C=C/COC(C)=O)CCCN(Cc2ccccc2)C1=O. The molecule has 0 aromatic heterocycles. The van der Waals surface area contributed by atoms with E-state index in [-0.39, 0.29) is 18.5 Å². The first-order chi connectivity index (χ1) is 11.6. The summed E-state index contributed by atoms with van der Waals surface area (Å²) < 4.78 is 4.96. The zero-order chi connectivity index (χ0) is 17.4. The lowest BCUT2D eigenvalue weighted by Crippen LogP contribution is -2.47. The number of carbonyl (C=O) groups is 2. The Kier molecular flexibility index (Phi) is 6.59. The molecule has 0 N–H and O–H groups in total. The summed E-state index contributed by atoms with van der Waals surface area (Å²) in [5, 5.41) is 0. The van der Waals surface area contributed by atoms with Gasteiger partial charge in [0.1, 0.15) is 6.61 Å². The molecule has 2 rings (SSSR count). The number of hydrogen-bond acceptors (Lipinski definition) is 3. The van der Waals surface area contributed by atoms with Crippen molar-refractivity contribution in [2.75, 3.05) is 13.2 Å². The highest BCUT2D eigenvalue weighted by atomic mass is 16.5. The molecule has 0 bridgehead atoms. The zero-order valence-corrected chi connectivity index (χ0v) is 14.7. The quantitative estimate of drug-likeness (QED) is 0.566. The van der Waals surface area contributed by atoms with E-state index in [2.05, 4.69) is 19.1 Å². The molecule has 1 amide bonds. The van der Waals surface area contributed by atoms with Crippen LogP contribution in [0.1, 0.15) is 45.1 Å². The van der Waals surface area contributed by atoms with Crippen molar-refractivity contribution < 1.29 is 14.3 Å². The summed E-state index contributed by atoms with van der Waals surface area (Å²) in [6.07, 6.45) is 7.43. The van der Waals surface area contributed by atoms with Crippen molar-refractivity contribution in [3.63, 3.8) is 0 Å². The molecular formula is C20H27NO3. The van der Waals surface area contributed by atoms with Crippen LogP contribution in [0.2, 0.25) is 0 Å². The van der Waals surface area contributed by atoms with Crippen LogP contribution in [-0.4, -0.2) is 29.9 Å². The van der Waals surface area contributed by atoms with E-state index in [0.29, 0.717) is 6.54 Å². The number of hydrogen-bond donors (Lipinski definition) is 0. The van der Waals surface area contributed by atoms with E-state index in [1.54, 1.807) is 0 Å². The van der Waals surface area contributed by atoms with Crippen LogP contribution in [0.15, 0.2) is 42.5 Å². The Morgan fingerprint density at radius 3 is 2.75 bits per heavy atom. The predicted octanol–water partition coefficient (Wildman–Crippen LogP) is 3.71. The molecular weight excluding hydrogens is 302 g/mol. The van der Waals surface area contributed by atoms with Gasteiger partial charge >= 0.3 is 5.97 Å². The fraction of sp³-hybridized carbons (Fsp3) is 0.500. The van der Waals surface area contributed by atoms with Crippen molar-refractivity contribution in [2.24, 2.45) is 5.41 Å². The van der Waals surface area contributed by atoms with Gasteiger partial charge in [-0.05, 0) is 24.8 Å². The molecule has 1 heterocycles. The molecule has 1 atom stereocenters. The summed E-state index contributed by atoms with van der Waals surface area (Å²) in [5.74, 6) is -0.108. The predicted molar refractivity (Wildman–Crippen MR) is 94.2 cm³/mol. The Bertz CT molecular complexity index is 578. The molecule has 0 radical (unpaired) electrons. The monoisotopic (exact) mass is 329 g/mol. The number of amides is 1. The fourth-order valence-corrected chi connectivity index (χ4v) is 3.42. The van der Waals surface area contributed by atoms with Crippen molar-refractivity contribution in [2.45, 2.75) is 46.1 Å². The number of rotatable bonds is 7. The van der Waals surface area contributed by atoms with Crippen molar-refractivity contribution in [1.82, 2.24) is 4.90 Å². The maximum absolute atomic E-state index is 13.1. The summed E-state index contributed by atoms with van der Waals surface area (Å²) in [5.41, 5.74) is 0.698. The van der Waals surface area contributed by atoms with Gasteiger partial charge in [0, 0.05) is 20.0 Å². The van der Waals surface area contributed by atoms with E-state index >= 15 is 0 Å². The van der Waals surface area contributed by atoms with Crippen molar-refractivity contribution in [3.8, 4) is 0 Å². The fourth-order valence-electron chi connectivity index (χ4n) is 3.42. The summed E-state index contributed by atoms with van der Waals surface area (Å²) in [4.78, 5) is 26.0. The van der Waals surface area contributed by atoms with E-state index in [0.717, 1.165) is 37.8 Å². The molecule has 1 aliphatic heterocycles. The van der Waals surface area contributed by atoms with Crippen LogP contribution in [0, 0.1) is 5.41 Å². The van der Waals surface area contributed by atoms with E-state index in [1.165, 1.54) is 6.92 Å². The maximum atomic E-state index is 13.1. The minimum Gasteiger partial charge on any atom is -0.462 e. The second-order valence-corrected chi connectivity index (χ2v) is 6.43. The number of piperidine rings is 1. The summed E-state index contributed by atoms with van der Waals surface area (Å²) in [6.45, 7) is 5.18. The average Bonchev–Trinajstić information content (AvgIpc) is 2.57. The molecule has 24 heavy (non-hydrogen) atoms. The van der Waals surface area contributed by atoms with Gasteiger partial charge in [-0.15, -0.1) is 0 Å². The number of ether oxygens (including phenoxy) is 1. The Labute approximate surface area is 144 Å². The first-order valence-corrected chi connectivity index (χ1v) is 8.72. The smallest absolute Gasteiger partial charge is 0.302 e. The molecule has 130 valence electrons. The van der Waals surface area contributed by atoms with Crippen LogP contribution in [0.3, 0.4) is 0 Å². The van der Waals surface area contributed by atoms with E-state index in [9.17, 15) is 9.59 Å². The number of benzene rings is 1. The van der Waals surface area contributed by atoms with Crippen molar-refractivity contribution in [3.05, 3.63) is 48.0 Å². The lowest BCUT2D eigenvalue weighted by atomic mass is 9.75. The Morgan fingerprint density at radius 1 is 1.33 bits per heavy atom.